The highest BCUT2D eigenvalue weighted by atomic mass is 79.9. The lowest BCUT2D eigenvalue weighted by atomic mass is 10.2. The number of halogens is 3. The standard InChI is InChI=1S/C14H10Br2FNO2/c1-20-13-5-3-9(7-11(13)16)18-14(19)10-6-8(15)2-4-12(10)17/h2-7H,1H3,(H,18,19). The third kappa shape index (κ3) is 3.37. The molecular formula is C14H10Br2FNO2. The quantitative estimate of drug-likeness (QED) is 0.813. The van der Waals surface area contributed by atoms with Crippen LogP contribution in [-0.2, 0) is 0 Å². The lowest BCUT2D eigenvalue weighted by molar-refractivity contribution is 0.102. The molecule has 0 aliphatic heterocycles. The van der Waals surface area contributed by atoms with Crippen molar-refractivity contribution in [3.05, 3.63) is 56.7 Å². The summed E-state index contributed by atoms with van der Waals surface area (Å²) in [5.74, 6) is -0.434. The van der Waals surface area contributed by atoms with Crippen LogP contribution < -0.4 is 10.1 Å². The third-order valence-electron chi connectivity index (χ3n) is 2.58. The molecule has 104 valence electrons. The molecule has 2 rings (SSSR count). The van der Waals surface area contributed by atoms with E-state index in [2.05, 4.69) is 37.2 Å². The summed E-state index contributed by atoms with van der Waals surface area (Å²) in [6, 6.07) is 9.28. The van der Waals surface area contributed by atoms with Gasteiger partial charge in [-0.15, -0.1) is 0 Å². The van der Waals surface area contributed by atoms with E-state index < -0.39 is 11.7 Å². The van der Waals surface area contributed by atoms with Crippen LogP contribution in [0, 0.1) is 5.82 Å². The van der Waals surface area contributed by atoms with Crippen molar-refractivity contribution in [2.45, 2.75) is 0 Å². The Labute approximate surface area is 132 Å². The van der Waals surface area contributed by atoms with Crippen LogP contribution in [0.5, 0.6) is 5.75 Å². The van der Waals surface area contributed by atoms with E-state index in [4.69, 9.17) is 4.74 Å². The molecule has 2 aromatic carbocycles. The first kappa shape index (κ1) is 15.0. The van der Waals surface area contributed by atoms with Crippen molar-refractivity contribution in [2.24, 2.45) is 0 Å². The van der Waals surface area contributed by atoms with Gasteiger partial charge in [-0.1, -0.05) is 15.9 Å². The number of rotatable bonds is 3. The predicted molar refractivity (Wildman–Crippen MR) is 82.7 cm³/mol. The number of carbonyl (C=O) groups is 1. The van der Waals surface area contributed by atoms with E-state index in [0.29, 0.717) is 20.4 Å². The second kappa shape index (κ2) is 6.37. The minimum absolute atomic E-state index is 0.0219. The van der Waals surface area contributed by atoms with Crippen molar-refractivity contribution in [1.82, 2.24) is 0 Å². The van der Waals surface area contributed by atoms with E-state index >= 15 is 0 Å². The first-order valence-electron chi connectivity index (χ1n) is 5.61. The van der Waals surface area contributed by atoms with E-state index in [0.717, 1.165) is 0 Å². The highest BCUT2D eigenvalue weighted by molar-refractivity contribution is 9.10. The van der Waals surface area contributed by atoms with Crippen LogP contribution in [0.15, 0.2) is 45.3 Å². The van der Waals surface area contributed by atoms with Crippen molar-refractivity contribution in [3.8, 4) is 5.75 Å². The topological polar surface area (TPSA) is 38.3 Å². The fraction of sp³-hybridized carbons (Fsp3) is 0.0714. The Bertz CT molecular complexity index is 662. The van der Waals surface area contributed by atoms with E-state index in [1.165, 1.54) is 18.2 Å². The van der Waals surface area contributed by atoms with Crippen molar-refractivity contribution in [1.29, 1.82) is 0 Å². The number of anilines is 1. The fourth-order valence-corrected chi connectivity index (χ4v) is 2.52. The zero-order valence-electron chi connectivity index (χ0n) is 10.4. The van der Waals surface area contributed by atoms with Gasteiger partial charge in [-0.2, -0.15) is 0 Å². The van der Waals surface area contributed by atoms with Gasteiger partial charge in [0.2, 0.25) is 0 Å². The average Bonchev–Trinajstić information content (AvgIpc) is 2.41. The van der Waals surface area contributed by atoms with E-state index in [1.807, 2.05) is 0 Å². The maximum absolute atomic E-state index is 13.6. The summed E-state index contributed by atoms with van der Waals surface area (Å²) in [6.07, 6.45) is 0. The second-order valence-electron chi connectivity index (χ2n) is 3.93. The molecule has 0 aliphatic carbocycles. The summed E-state index contributed by atoms with van der Waals surface area (Å²) >= 11 is 6.53. The van der Waals surface area contributed by atoms with Crippen LogP contribution in [0.25, 0.3) is 0 Å². The average molecular weight is 403 g/mol. The minimum Gasteiger partial charge on any atom is -0.496 e. The van der Waals surface area contributed by atoms with Gasteiger partial charge in [0.1, 0.15) is 11.6 Å². The van der Waals surface area contributed by atoms with E-state index in [9.17, 15) is 9.18 Å². The summed E-state index contributed by atoms with van der Waals surface area (Å²) in [5, 5.41) is 2.63. The SMILES string of the molecule is COc1ccc(NC(=O)c2cc(Br)ccc2F)cc1Br. The molecule has 0 saturated carbocycles. The molecule has 0 heterocycles. The molecule has 1 N–H and O–H groups in total. The zero-order valence-corrected chi connectivity index (χ0v) is 13.6. The Hall–Kier alpha value is -1.40. The summed E-state index contributed by atoms with van der Waals surface area (Å²) in [7, 11) is 1.55. The van der Waals surface area contributed by atoms with Gasteiger partial charge >= 0.3 is 0 Å². The number of hydrogen-bond acceptors (Lipinski definition) is 2. The van der Waals surface area contributed by atoms with Crippen molar-refractivity contribution in [3.63, 3.8) is 0 Å². The van der Waals surface area contributed by atoms with Gasteiger partial charge in [0.05, 0.1) is 17.1 Å². The first-order chi connectivity index (χ1) is 9.51. The summed E-state index contributed by atoms with van der Waals surface area (Å²) in [5.41, 5.74) is 0.522. The number of methoxy groups -OCH3 is 1. The molecule has 0 aromatic heterocycles. The molecule has 0 atom stereocenters. The second-order valence-corrected chi connectivity index (χ2v) is 5.70. The predicted octanol–water partition coefficient (Wildman–Crippen LogP) is 4.61. The first-order valence-corrected chi connectivity index (χ1v) is 7.20. The number of ether oxygens (including phenoxy) is 1. The smallest absolute Gasteiger partial charge is 0.258 e. The van der Waals surface area contributed by atoms with Crippen LogP contribution in [0.2, 0.25) is 0 Å². The van der Waals surface area contributed by atoms with Crippen molar-refractivity contribution < 1.29 is 13.9 Å². The monoisotopic (exact) mass is 401 g/mol. The number of hydrogen-bond donors (Lipinski definition) is 1. The van der Waals surface area contributed by atoms with Gasteiger partial charge in [-0.25, -0.2) is 4.39 Å². The molecular weight excluding hydrogens is 393 g/mol. The Morgan fingerprint density at radius 1 is 1.20 bits per heavy atom. The Kier molecular flexibility index (Phi) is 4.77. The summed E-state index contributed by atoms with van der Waals surface area (Å²) in [6.45, 7) is 0. The molecule has 6 heteroatoms. The number of amides is 1. The molecule has 0 radical (unpaired) electrons. The molecule has 0 unspecified atom stereocenters. The number of nitrogens with one attached hydrogen (secondary N) is 1. The molecule has 0 saturated heterocycles. The van der Waals surface area contributed by atoms with Gasteiger partial charge in [-0.3, -0.25) is 4.79 Å². The molecule has 0 spiro atoms. The Morgan fingerprint density at radius 3 is 2.60 bits per heavy atom. The lowest BCUT2D eigenvalue weighted by Gasteiger charge is -2.09. The Balaban J connectivity index is 2.23. The summed E-state index contributed by atoms with van der Waals surface area (Å²) in [4.78, 5) is 12.0. The number of carbonyl (C=O) groups excluding carboxylic acids is 1. The Morgan fingerprint density at radius 2 is 1.95 bits per heavy atom. The molecule has 2 aromatic rings. The lowest BCUT2D eigenvalue weighted by Crippen LogP contribution is -2.13. The van der Waals surface area contributed by atoms with Gasteiger partial charge in [0.25, 0.3) is 5.91 Å². The molecule has 3 nitrogen and oxygen atoms in total. The molecule has 20 heavy (non-hydrogen) atoms. The van der Waals surface area contributed by atoms with Crippen LogP contribution in [0.1, 0.15) is 10.4 Å². The van der Waals surface area contributed by atoms with Crippen LogP contribution in [0.3, 0.4) is 0 Å². The molecule has 0 aliphatic rings. The highest BCUT2D eigenvalue weighted by Gasteiger charge is 2.13. The van der Waals surface area contributed by atoms with Gasteiger partial charge < -0.3 is 10.1 Å². The van der Waals surface area contributed by atoms with Crippen LogP contribution >= 0.6 is 31.9 Å². The van der Waals surface area contributed by atoms with Gasteiger partial charge in [0.15, 0.2) is 0 Å². The van der Waals surface area contributed by atoms with Crippen LogP contribution in [-0.4, -0.2) is 13.0 Å². The van der Waals surface area contributed by atoms with Crippen LogP contribution in [0.4, 0.5) is 10.1 Å². The normalized spacial score (nSPS) is 10.2. The number of benzene rings is 2. The summed E-state index contributed by atoms with van der Waals surface area (Å²) < 4.78 is 20.0. The molecule has 0 bridgehead atoms. The molecule has 1 amide bonds. The largest absolute Gasteiger partial charge is 0.496 e. The zero-order chi connectivity index (χ0) is 14.7. The van der Waals surface area contributed by atoms with Gasteiger partial charge in [0, 0.05) is 10.2 Å². The van der Waals surface area contributed by atoms with Crippen molar-refractivity contribution >= 4 is 43.5 Å². The maximum atomic E-state index is 13.6. The fourth-order valence-electron chi connectivity index (χ4n) is 1.61. The molecule has 0 fully saturated rings. The van der Waals surface area contributed by atoms with Gasteiger partial charge in [-0.05, 0) is 52.3 Å². The highest BCUT2D eigenvalue weighted by Crippen LogP contribution is 2.28. The van der Waals surface area contributed by atoms with E-state index in [-0.39, 0.29) is 5.56 Å². The van der Waals surface area contributed by atoms with E-state index in [1.54, 1.807) is 25.3 Å². The van der Waals surface area contributed by atoms with Crippen molar-refractivity contribution in [2.75, 3.05) is 12.4 Å². The minimum atomic E-state index is -0.571. The third-order valence-corrected chi connectivity index (χ3v) is 3.70. The maximum Gasteiger partial charge on any atom is 0.258 e.